The van der Waals surface area contributed by atoms with Gasteiger partial charge in [0.05, 0.1) is 26.3 Å². The van der Waals surface area contributed by atoms with Gasteiger partial charge < -0.3 is 34.7 Å². The van der Waals surface area contributed by atoms with Crippen LogP contribution in [0.3, 0.4) is 0 Å². The average molecular weight is 446 g/mol. The zero-order chi connectivity index (χ0) is 22.9. The molecule has 0 aliphatic carbocycles. The number of aromatic nitrogens is 1. The summed E-state index contributed by atoms with van der Waals surface area (Å²) in [7, 11) is 6.78. The molecule has 0 radical (unpaired) electrons. The van der Waals surface area contributed by atoms with E-state index in [0.29, 0.717) is 11.9 Å². The molecule has 3 N–H and O–H groups in total. The lowest BCUT2D eigenvalue weighted by Crippen LogP contribution is -2.41. The molecule has 2 heterocycles. The highest BCUT2D eigenvalue weighted by Gasteiger charge is 2.16. The van der Waals surface area contributed by atoms with Crippen molar-refractivity contribution >= 4 is 22.8 Å². The van der Waals surface area contributed by atoms with Crippen LogP contribution in [-0.4, -0.2) is 82.9 Å². The second-order valence-corrected chi connectivity index (χ2v) is 8.18. The quantitative estimate of drug-likeness (QED) is 0.293. The molecule has 1 aromatic heterocycles. The van der Waals surface area contributed by atoms with Crippen molar-refractivity contribution in [3.8, 4) is 11.5 Å². The fraction of sp³-hybridized carbons (Fsp3) is 0.565. The number of aryl methyl sites for hydroxylation is 1. The predicted molar refractivity (Wildman–Crippen MR) is 126 cm³/mol. The van der Waals surface area contributed by atoms with E-state index in [9.17, 15) is 4.79 Å². The molecule has 0 spiro atoms. The van der Waals surface area contributed by atoms with Crippen molar-refractivity contribution in [2.24, 2.45) is 10.9 Å². The summed E-state index contributed by atoms with van der Waals surface area (Å²) in [5, 5.41) is 7.75. The van der Waals surface area contributed by atoms with E-state index in [1.165, 1.54) is 0 Å². The molecule has 1 aromatic carbocycles. The topological polar surface area (TPSA) is 100 Å². The van der Waals surface area contributed by atoms with E-state index in [4.69, 9.17) is 14.2 Å². The van der Waals surface area contributed by atoms with Crippen LogP contribution in [0.15, 0.2) is 23.2 Å². The number of nitrogens with zero attached hydrogens (tertiary/aromatic N) is 2. The highest BCUT2D eigenvalue weighted by Crippen LogP contribution is 2.31. The van der Waals surface area contributed by atoms with Crippen molar-refractivity contribution < 1.29 is 19.0 Å². The largest absolute Gasteiger partial charge is 0.497 e. The Hall–Kier alpha value is -2.94. The zero-order valence-electron chi connectivity index (χ0n) is 19.5. The number of carbonyl (C=O) groups is 1. The molecular weight excluding hydrogens is 410 g/mol. The number of nitrogens with one attached hydrogen (secondary N) is 3. The number of aliphatic imine (C=N–C) groups is 1. The maximum absolute atomic E-state index is 11.9. The Morgan fingerprint density at radius 2 is 2.09 bits per heavy atom. The molecule has 1 fully saturated rings. The first-order chi connectivity index (χ1) is 15.5. The van der Waals surface area contributed by atoms with Gasteiger partial charge in [-0.1, -0.05) is 0 Å². The summed E-state index contributed by atoms with van der Waals surface area (Å²) < 4.78 is 16.3. The lowest BCUT2D eigenvalue weighted by Gasteiger charge is -2.15. The minimum Gasteiger partial charge on any atom is -0.497 e. The summed E-state index contributed by atoms with van der Waals surface area (Å²) in [5.74, 6) is 2.66. The minimum absolute atomic E-state index is 0.0299. The Morgan fingerprint density at radius 1 is 1.25 bits per heavy atom. The third kappa shape index (κ3) is 6.53. The number of benzene rings is 1. The maximum Gasteiger partial charge on any atom is 0.243 e. The summed E-state index contributed by atoms with van der Waals surface area (Å²) in [4.78, 5) is 21.4. The molecule has 0 bridgehead atoms. The van der Waals surface area contributed by atoms with Gasteiger partial charge in [-0.3, -0.25) is 4.79 Å². The van der Waals surface area contributed by atoms with Gasteiger partial charge in [0.1, 0.15) is 18.0 Å². The molecule has 176 valence electrons. The Morgan fingerprint density at radius 3 is 2.78 bits per heavy atom. The smallest absolute Gasteiger partial charge is 0.243 e. The Labute approximate surface area is 189 Å². The molecule has 9 heteroatoms. The normalized spacial score (nSPS) is 16.2. The van der Waals surface area contributed by atoms with Crippen LogP contribution in [0.1, 0.15) is 18.5 Å². The molecule has 32 heavy (non-hydrogen) atoms. The maximum atomic E-state index is 11.9. The van der Waals surface area contributed by atoms with Crippen molar-refractivity contribution in [2.45, 2.75) is 19.3 Å². The van der Waals surface area contributed by atoms with Gasteiger partial charge in [-0.2, -0.15) is 0 Å². The Balaban J connectivity index is 1.54. The van der Waals surface area contributed by atoms with Gasteiger partial charge in [0.15, 0.2) is 5.96 Å². The third-order valence-corrected chi connectivity index (χ3v) is 5.55. The number of hydrogen-bond acceptors (Lipinski definition) is 5. The molecule has 1 atom stereocenters. The molecular formula is C23H35N5O4. The lowest BCUT2D eigenvalue weighted by molar-refractivity contribution is -0.127. The Bertz CT molecular complexity index is 918. The van der Waals surface area contributed by atoms with E-state index in [2.05, 4.69) is 26.7 Å². The van der Waals surface area contributed by atoms with Crippen LogP contribution in [-0.2, 0) is 16.0 Å². The van der Waals surface area contributed by atoms with Gasteiger partial charge in [0, 0.05) is 62.9 Å². The summed E-state index contributed by atoms with van der Waals surface area (Å²) in [6.45, 7) is 3.22. The Kier molecular flexibility index (Phi) is 8.61. The van der Waals surface area contributed by atoms with Crippen LogP contribution in [0.2, 0.25) is 0 Å². The van der Waals surface area contributed by atoms with E-state index in [0.717, 1.165) is 73.7 Å². The highest BCUT2D eigenvalue weighted by molar-refractivity contribution is 5.88. The fourth-order valence-corrected chi connectivity index (χ4v) is 3.59. The van der Waals surface area contributed by atoms with E-state index in [-0.39, 0.29) is 12.5 Å². The predicted octanol–water partition coefficient (Wildman–Crippen LogP) is 1.78. The van der Waals surface area contributed by atoms with Gasteiger partial charge in [0.25, 0.3) is 0 Å². The number of hydrogen-bond donors (Lipinski definition) is 3. The number of ether oxygens (including phenoxy) is 3. The molecule has 1 unspecified atom stereocenters. The number of amides is 1. The number of methoxy groups -OCH3 is 2. The summed E-state index contributed by atoms with van der Waals surface area (Å²) >= 11 is 0. The number of guanidine groups is 1. The molecule has 1 amide bonds. The van der Waals surface area contributed by atoms with Crippen LogP contribution in [0.4, 0.5) is 0 Å². The van der Waals surface area contributed by atoms with Crippen LogP contribution >= 0.6 is 0 Å². The van der Waals surface area contributed by atoms with Crippen LogP contribution < -0.4 is 20.1 Å². The first-order valence-corrected chi connectivity index (χ1v) is 11.0. The molecule has 3 rings (SSSR count). The zero-order valence-corrected chi connectivity index (χ0v) is 19.5. The minimum atomic E-state index is -0.0299. The number of carbonyl (C=O) groups excluding carboxylic acids is 1. The lowest BCUT2D eigenvalue weighted by atomic mass is 10.1. The van der Waals surface area contributed by atoms with E-state index < -0.39 is 0 Å². The van der Waals surface area contributed by atoms with Crippen molar-refractivity contribution in [1.29, 1.82) is 0 Å². The van der Waals surface area contributed by atoms with E-state index >= 15 is 0 Å². The monoisotopic (exact) mass is 445 g/mol. The summed E-state index contributed by atoms with van der Waals surface area (Å²) in [5.41, 5.74) is 2.12. The molecule has 0 saturated carbocycles. The SMILES string of the molecule is COc1cc(OC)c2cc(CCCNC(=NCC(=O)N(C)C)NCC3CCOC3)[nH]c2c1. The van der Waals surface area contributed by atoms with Crippen molar-refractivity contribution in [3.05, 3.63) is 23.9 Å². The number of aromatic amines is 1. The summed E-state index contributed by atoms with van der Waals surface area (Å²) in [6.07, 6.45) is 2.82. The van der Waals surface area contributed by atoms with Gasteiger partial charge in [0.2, 0.25) is 5.91 Å². The van der Waals surface area contributed by atoms with Gasteiger partial charge in [-0.15, -0.1) is 0 Å². The molecule has 1 aliphatic heterocycles. The number of likely N-dealkylation sites (N-methyl/N-ethyl adjacent to an activating group) is 1. The first-order valence-electron chi connectivity index (χ1n) is 11.0. The van der Waals surface area contributed by atoms with Gasteiger partial charge >= 0.3 is 0 Å². The van der Waals surface area contributed by atoms with Crippen molar-refractivity contribution in [1.82, 2.24) is 20.5 Å². The average Bonchev–Trinajstić information content (AvgIpc) is 3.46. The molecule has 1 saturated heterocycles. The summed E-state index contributed by atoms with van der Waals surface area (Å²) in [6, 6.07) is 5.99. The molecule has 2 aromatic rings. The van der Waals surface area contributed by atoms with Gasteiger partial charge in [-0.05, 0) is 25.3 Å². The van der Waals surface area contributed by atoms with E-state index in [1.54, 1.807) is 33.2 Å². The number of rotatable bonds is 10. The van der Waals surface area contributed by atoms with E-state index in [1.807, 2.05) is 12.1 Å². The van der Waals surface area contributed by atoms with Gasteiger partial charge in [-0.25, -0.2) is 4.99 Å². The highest BCUT2D eigenvalue weighted by atomic mass is 16.5. The second-order valence-electron chi connectivity index (χ2n) is 8.18. The number of H-pyrrole nitrogens is 1. The number of fused-ring (bicyclic) bond motifs is 1. The molecule has 1 aliphatic rings. The molecule has 9 nitrogen and oxygen atoms in total. The second kappa shape index (κ2) is 11.6. The standard InChI is InChI=1S/C23H35N5O4/c1-28(2)22(29)14-26-23(25-13-16-7-9-32-15-16)24-8-5-6-17-10-19-20(27-17)11-18(30-3)12-21(19)31-4/h10-12,16,27H,5-9,13-15H2,1-4H3,(H2,24,25,26). The fourth-order valence-electron chi connectivity index (χ4n) is 3.59. The first kappa shape index (κ1) is 23.7. The van der Waals surface area contributed by atoms with Crippen molar-refractivity contribution in [2.75, 3.05) is 61.2 Å². The van der Waals surface area contributed by atoms with Crippen LogP contribution in [0, 0.1) is 5.92 Å². The van der Waals surface area contributed by atoms with Crippen LogP contribution in [0.5, 0.6) is 11.5 Å². The van der Waals surface area contributed by atoms with Crippen molar-refractivity contribution in [3.63, 3.8) is 0 Å². The van der Waals surface area contributed by atoms with Crippen LogP contribution in [0.25, 0.3) is 10.9 Å². The third-order valence-electron chi connectivity index (χ3n) is 5.55.